The molecule has 2 aromatic carbocycles. The van der Waals surface area contributed by atoms with Crippen molar-refractivity contribution in [1.82, 2.24) is 0 Å². The van der Waals surface area contributed by atoms with Gasteiger partial charge in [0.1, 0.15) is 5.75 Å². The number of para-hydroxylation sites is 1. The molecule has 2 unspecified atom stereocenters. The minimum Gasteiger partial charge on any atom is -0.507 e. The largest absolute Gasteiger partial charge is 0.507 e. The van der Waals surface area contributed by atoms with Gasteiger partial charge in [0.25, 0.3) is 0 Å². The van der Waals surface area contributed by atoms with E-state index in [1.54, 1.807) is 0 Å². The molecule has 4 nitrogen and oxygen atoms in total. The van der Waals surface area contributed by atoms with E-state index < -0.39 is 15.1 Å². The average Bonchev–Trinajstić information content (AvgIpc) is 2.79. The Hall–Kier alpha value is -1.66. The lowest BCUT2D eigenvalue weighted by Crippen LogP contribution is -2.33. The van der Waals surface area contributed by atoms with Gasteiger partial charge in [-0.05, 0) is 36.8 Å². The van der Waals surface area contributed by atoms with Crippen LogP contribution in [0, 0.1) is 5.92 Å². The van der Waals surface area contributed by atoms with Crippen molar-refractivity contribution in [3.05, 3.63) is 42.5 Å². The van der Waals surface area contributed by atoms with Gasteiger partial charge in [0.05, 0.1) is 20.7 Å². The number of anilines is 2. The van der Waals surface area contributed by atoms with Crippen LogP contribution in [0.1, 0.15) is 39.5 Å². The lowest BCUT2D eigenvalue weighted by Gasteiger charge is -2.29. The van der Waals surface area contributed by atoms with Crippen molar-refractivity contribution in [3.8, 4) is 5.75 Å². The van der Waals surface area contributed by atoms with Crippen molar-refractivity contribution in [2.75, 3.05) is 17.7 Å². The fourth-order valence-electron chi connectivity index (χ4n) is 4.05. The zero-order chi connectivity index (χ0) is 20.3. The first-order valence-corrected chi connectivity index (χ1v) is 12.7. The molecule has 1 aliphatic rings. The lowest BCUT2D eigenvalue weighted by atomic mass is 9.96. The number of thioether (sulfide) groups is 1. The maximum atomic E-state index is 13.7. The van der Waals surface area contributed by atoms with Gasteiger partial charge >= 0.3 is 0 Å². The number of fused-ring (bicyclic) bond motifs is 1. The second kappa shape index (κ2) is 8.78. The van der Waals surface area contributed by atoms with Crippen LogP contribution in [-0.4, -0.2) is 31.6 Å². The number of phenols is 1. The number of sulfone groups is 1. The van der Waals surface area contributed by atoms with Gasteiger partial charge in [0.15, 0.2) is 9.84 Å². The highest BCUT2D eigenvalue weighted by molar-refractivity contribution is 7.98. The fourth-order valence-corrected chi connectivity index (χ4v) is 6.87. The first-order chi connectivity index (χ1) is 13.4. The summed E-state index contributed by atoms with van der Waals surface area (Å²) in [5, 5.41) is 10.0. The first kappa shape index (κ1) is 21.1. The highest BCUT2D eigenvalue weighted by atomic mass is 32.2. The Morgan fingerprint density at radius 3 is 2.50 bits per heavy atom. The molecular weight excluding hydrogens is 390 g/mol. The van der Waals surface area contributed by atoms with Crippen molar-refractivity contribution in [1.29, 1.82) is 0 Å². The zero-order valence-corrected chi connectivity index (χ0v) is 18.4. The number of hydrogen-bond donors (Lipinski definition) is 1. The van der Waals surface area contributed by atoms with Crippen LogP contribution in [0.5, 0.6) is 5.75 Å². The number of unbranched alkanes of at least 4 members (excludes halogenated alkanes) is 1. The van der Waals surface area contributed by atoms with Gasteiger partial charge in [-0.1, -0.05) is 51.3 Å². The Bertz CT molecular complexity index is 913. The van der Waals surface area contributed by atoms with Gasteiger partial charge in [-0.2, -0.15) is 0 Å². The number of phenolic OH excluding ortho intramolecular Hbond substituents is 1. The summed E-state index contributed by atoms with van der Waals surface area (Å²) in [6, 6.07) is 13.2. The average molecular weight is 420 g/mol. The first-order valence-electron chi connectivity index (χ1n) is 9.91. The molecule has 0 aromatic heterocycles. The van der Waals surface area contributed by atoms with Gasteiger partial charge in [-0.25, -0.2) is 8.42 Å². The van der Waals surface area contributed by atoms with Crippen LogP contribution < -0.4 is 4.90 Å². The van der Waals surface area contributed by atoms with Crippen LogP contribution in [0.2, 0.25) is 0 Å². The lowest BCUT2D eigenvalue weighted by molar-refractivity contribution is 0.444. The topological polar surface area (TPSA) is 57.6 Å². The Labute approximate surface area is 172 Å². The molecule has 28 heavy (non-hydrogen) atoms. The van der Waals surface area contributed by atoms with Gasteiger partial charge in [-0.15, -0.1) is 11.8 Å². The summed E-state index contributed by atoms with van der Waals surface area (Å²) in [6.07, 6.45) is 5.19. The summed E-state index contributed by atoms with van der Waals surface area (Å²) in [4.78, 5) is 3.06. The standard InChI is InChI=1S/C22H29NO3S2/c1-4-6-12-21-16(5-2)15-23(17-10-8-7-9-11-17)18-13-20(27-3)19(24)14-22(18)28(21,25)26/h7-11,13-14,16,21,24H,4-6,12,15H2,1-3H3. The molecule has 6 heteroatoms. The van der Waals surface area contributed by atoms with E-state index >= 15 is 0 Å². The molecule has 1 heterocycles. The number of hydrogen-bond acceptors (Lipinski definition) is 5. The molecule has 2 aromatic rings. The fraction of sp³-hybridized carbons (Fsp3) is 0.455. The molecule has 1 aliphatic heterocycles. The molecule has 0 saturated carbocycles. The number of benzene rings is 2. The Morgan fingerprint density at radius 2 is 1.89 bits per heavy atom. The van der Waals surface area contributed by atoms with Crippen molar-refractivity contribution in [2.24, 2.45) is 5.92 Å². The summed E-state index contributed by atoms with van der Waals surface area (Å²) in [5.41, 5.74) is 1.65. The maximum absolute atomic E-state index is 13.7. The van der Waals surface area contributed by atoms with Gasteiger partial charge < -0.3 is 10.0 Å². The van der Waals surface area contributed by atoms with Gasteiger partial charge in [0.2, 0.25) is 0 Å². The molecule has 0 spiro atoms. The van der Waals surface area contributed by atoms with Crippen LogP contribution in [-0.2, 0) is 9.84 Å². The van der Waals surface area contributed by atoms with E-state index in [4.69, 9.17) is 0 Å². The molecule has 0 saturated heterocycles. The van der Waals surface area contributed by atoms with E-state index in [1.807, 2.05) is 42.7 Å². The minimum absolute atomic E-state index is 0.0315. The zero-order valence-electron chi connectivity index (χ0n) is 16.8. The molecule has 0 bridgehead atoms. The van der Waals surface area contributed by atoms with E-state index in [9.17, 15) is 13.5 Å². The Morgan fingerprint density at radius 1 is 1.18 bits per heavy atom. The van der Waals surface area contributed by atoms with Gasteiger partial charge in [0, 0.05) is 18.3 Å². The summed E-state index contributed by atoms with van der Waals surface area (Å²) in [7, 11) is -3.55. The minimum atomic E-state index is -3.55. The number of nitrogens with zero attached hydrogens (tertiary/aromatic N) is 1. The van der Waals surface area contributed by atoms with Crippen LogP contribution >= 0.6 is 11.8 Å². The number of rotatable bonds is 6. The third kappa shape index (κ3) is 3.90. The molecule has 152 valence electrons. The summed E-state index contributed by atoms with van der Waals surface area (Å²) in [5.74, 6) is 0.0658. The molecule has 0 aliphatic carbocycles. The third-order valence-electron chi connectivity index (χ3n) is 5.63. The predicted octanol–water partition coefficient (Wildman–Crippen LogP) is 5.62. The molecule has 1 N–H and O–H groups in total. The molecular formula is C22H29NO3S2. The second-order valence-electron chi connectivity index (χ2n) is 7.33. The van der Waals surface area contributed by atoms with Crippen molar-refractivity contribution in [3.63, 3.8) is 0 Å². The SMILES string of the molecule is CCCCC1C(CC)CN(c2ccccc2)c2cc(SC)c(O)cc2S1(=O)=O. The quantitative estimate of drug-likeness (QED) is 0.616. The maximum Gasteiger partial charge on any atom is 0.183 e. The highest BCUT2D eigenvalue weighted by Crippen LogP contribution is 2.45. The second-order valence-corrected chi connectivity index (χ2v) is 10.3. The smallest absolute Gasteiger partial charge is 0.183 e. The van der Waals surface area contributed by atoms with Crippen molar-refractivity contribution >= 4 is 33.0 Å². The summed E-state index contributed by atoms with van der Waals surface area (Å²) < 4.78 is 27.4. The number of aromatic hydroxyl groups is 1. The predicted molar refractivity (Wildman–Crippen MR) is 118 cm³/mol. The monoisotopic (exact) mass is 419 g/mol. The Balaban J connectivity index is 2.25. The third-order valence-corrected chi connectivity index (χ3v) is 8.76. The Kier molecular flexibility index (Phi) is 6.61. The van der Waals surface area contributed by atoms with E-state index in [1.165, 1.54) is 17.8 Å². The molecule has 0 fully saturated rings. The van der Waals surface area contributed by atoms with E-state index in [0.717, 1.165) is 24.9 Å². The van der Waals surface area contributed by atoms with Crippen LogP contribution in [0.3, 0.4) is 0 Å². The molecule has 0 amide bonds. The molecule has 3 rings (SSSR count). The van der Waals surface area contributed by atoms with Crippen molar-refractivity contribution < 1.29 is 13.5 Å². The van der Waals surface area contributed by atoms with E-state index in [-0.39, 0.29) is 16.6 Å². The van der Waals surface area contributed by atoms with E-state index in [2.05, 4.69) is 18.7 Å². The highest BCUT2D eigenvalue weighted by Gasteiger charge is 2.40. The van der Waals surface area contributed by atoms with Gasteiger partial charge in [-0.3, -0.25) is 0 Å². The molecule has 2 atom stereocenters. The van der Waals surface area contributed by atoms with Crippen LogP contribution in [0.4, 0.5) is 11.4 Å². The normalized spacial score (nSPS) is 21.2. The van der Waals surface area contributed by atoms with E-state index in [0.29, 0.717) is 23.5 Å². The van der Waals surface area contributed by atoms with Crippen molar-refractivity contribution in [2.45, 2.75) is 54.6 Å². The summed E-state index contributed by atoms with van der Waals surface area (Å²) >= 11 is 1.42. The van der Waals surface area contributed by atoms with Crippen LogP contribution in [0.15, 0.2) is 52.3 Å². The summed E-state index contributed by atoms with van der Waals surface area (Å²) in [6.45, 7) is 4.81. The van der Waals surface area contributed by atoms with Crippen LogP contribution in [0.25, 0.3) is 0 Å². The molecule has 0 radical (unpaired) electrons.